The summed E-state index contributed by atoms with van der Waals surface area (Å²) in [5.74, 6) is -0.156. The van der Waals surface area contributed by atoms with E-state index in [0.717, 1.165) is 22.6 Å². The molecule has 0 unspecified atom stereocenters. The van der Waals surface area contributed by atoms with Crippen LogP contribution in [0.1, 0.15) is 52.6 Å². The second-order valence-electron chi connectivity index (χ2n) is 9.39. The van der Waals surface area contributed by atoms with E-state index in [2.05, 4.69) is 10.3 Å². The molecule has 0 bridgehead atoms. The number of hydrogen-bond acceptors (Lipinski definition) is 5. The van der Waals surface area contributed by atoms with Crippen LogP contribution in [0.5, 0.6) is 5.75 Å². The Labute approximate surface area is 216 Å². The summed E-state index contributed by atoms with van der Waals surface area (Å²) in [4.78, 5) is 30.4. The zero-order chi connectivity index (χ0) is 26.4. The number of methoxy groups -OCH3 is 1. The molecule has 1 N–H and O–H groups in total. The summed E-state index contributed by atoms with van der Waals surface area (Å²) >= 11 is 0. The van der Waals surface area contributed by atoms with Crippen LogP contribution in [0.2, 0.25) is 0 Å². The predicted octanol–water partition coefficient (Wildman–Crippen LogP) is 6.26. The fourth-order valence-corrected chi connectivity index (χ4v) is 3.61. The Bertz CT molecular complexity index is 1430. The van der Waals surface area contributed by atoms with Crippen molar-refractivity contribution in [3.8, 4) is 11.4 Å². The molecule has 2 aromatic heterocycles. The van der Waals surface area contributed by atoms with E-state index in [0.29, 0.717) is 11.3 Å². The van der Waals surface area contributed by atoms with Crippen molar-refractivity contribution in [2.45, 2.75) is 26.4 Å². The van der Waals surface area contributed by atoms with Gasteiger partial charge in [-0.1, -0.05) is 30.4 Å². The molecule has 0 aliphatic rings. The van der Waals surface area contributed by atoms with Crippen molar-refractivity contribution in [3.05, 3.63) is 108 Å². The second-order valence-corrected chi connectivity index (χ2v) is 9.39. The molecule has 7 nitrogen and oxygen atoms in total. The third-order valence-corrected chi connectivity index (χ3v) is 5.36. The van der Waals surface area contributed by atoms with Crippen molar-refractivity contribution in [1.82, 2.24) is 9.55 Å². The van der Waals surface area contributed by atoms with Gasteiger partial charge in [0.25, 0.3) is 5.91 Å². The van der Waals surface area contributed by atoms with E-state index in [1.54, 1.807) is 58.3 Å². The highest BCUT2D eigenvalue weighted by Crippen LogP contribution is 2.24. The molecule has 0 aliphatic carbocycles. The fraction of sp³-hybridized carbons (Fsp3) is 0.167. The molecule has 0 atom stereocenters. The number of benzene rings is 2. The summed E-state index contributed by atoms with van der Waals surface area (Å²) in [6, 6.07) is 18.4. The number of hydrogen-bond donors (Lipinski definition) is 1. The maximum atomic E-state index is 13.2. The highest BCUT2D eigenvalue weighted by molar-refractivity contribution is 6.08. The zero-order valence-electron chi connectivity index (χ0n) is 21.3. The Morgan fingerprint density at radius 2 is 1.65 bits per heavy atom. The van der Waals surface area contributed by atoms with Gasteiger partial charge in [-0.15, -0.1) is 0 Å². The van der Waals surface area contributed by atoms with Gasteiger partial charge in [-0.25, -0.2) is 4.79 Å². The summed E-state index contributed by atoms with van der Waals surface area (Å²) in [6.45, 7) is 5.40. The molecule has 4 aromatic rings. The topological polar surface area (TPSA) is 82.4 Å². The Hall–Kier alpha value is -4.65. The van der Waals surface area contributed by atoms with Crippen molar-refractivity contribution < 1.29 is 19.1 Å². The number of nitrogens with one attached hydrogen (secondary N) is 1. The van der Waals surface area contributed by atoms with Crippen molar-refractivity contribution in [3.63, 3.8) is 0 Å². The van der Waals surface area contributed by atoms with Crippen molar-refractivity contribution in [2.24, 2.45) is 0 Å². The van der Waals surface area contributed by atoms with E-state index in [4.69, 9.17) is 9.47 Å². The van der Waals surface area contributed by atoms with Crippen LogP contribution in [-0.2, 0) is 4.74 Å². The molecule has 0 saturated carbocycles. The summed E-state index contributed by atoms with van der Waals surface area (Å²) in [6.07, 6.45) is 10.7. The number of carbonyl (C=O) groups is 2. The van der Waals surface area contributed by atoms with E-state index in [1.165, 1.54) is 6.20 Å². The number of esters is 1. The first-order valence-electron chi connectivity index (χ1n) is 11.8. The van der Waals surface area contributed by atoms with Crippen LogP contribution < -0.4 is 10.1 Å². The second kappa shape index (κ2) is 11.0. The molecule has 188 valence electrons. The number of pyridine rings is 1. The molecule has 0 saturated heterocycles. The van der Waals surface area contributed by atoms with Gasteiger partial charge < -0.3 is 19.4 Å². The molecule has 0 radical (unpaired) electrons. The zero-order valence-corrected chi connectivity index (χ0v) is 21.3. The van der Waals surface area contributed by atoms with Gasteiger partial charge in [-0.2, -0.15) is 0 Å². The van der Waals surface area contributed by atoms with Crippen molar-refractivity contribution in [1.29, 1.82) is 0 Å². The molecular weight excluding hydrogens is 466 g/mol. The summed E-state index contributed by atoms with van der Waals surface area (Å²) in [7, 11) is 1.62. The molecule has 2 aromatic carbocycles. The first-order valence-corrected chi connectivity index (χ1v) is 11.8. The lowest BCUT2D eigenvalue weighted by atomic mass is 10.1. The van der Waals surface area contributed by atoms with Gasteiger partial charge in [0.15, 0.2) is 0 Å². The van der Waals surface area contributed by atoms with E-state index in [9.17, 15) is 9.59 Å². The van der Waals surface area contributed by atoms with Crippen LogP contribution in [0.3, 0.4) is 0 Å². The minimum atomic E-state index is -0.682. The molecule has 0 aliphatic heterocycles. The molecule has 7 heteroatoms. The normalized spacial score (nSPS) is 11.4. The van der Waals surface area contributed by atoms with Gasteiger partial charge >= 0.3 is 5.97 Å². The minimum Gasteiger partial charge on any atom is -0.497 e. The third kappa shape index (κ3) is 6.73. The number of rotatable bonds is 7. The Balaban J connectivity index is 1.65. The first-order chi connectivity index (χ1) is 17.7. The van der Waals surface area contributed by atoms with Crippen LogP contribution in [-0.4, -0.2) is 34.1 Å². The lowest BCUT2D eigenvalue weighted by Crippen LogP contribution is -2.25. The number of amides is 1. The smallest absolute Gasteiger partial charge is 0.340 e. The largest absolute Gasteiger partial charge is 0.497 e. The number of ether oxygens (including phenoxy) is 2. The van der Waals surface area contributed by atoms with E-state index >= 15 is 0 Å². The monoisotopic (exact) mass is 495 g/mol. The summed E-state index contributed by atoms with van der Waals surface area (Å²) in [5, 5.41) is 2.88. The Kier molecular flexibility index (Phi) is 7.53. The van der Waals surface area contributed by atoms with E-state index in [1.807, 2.05) is 65.5 Å². The van der Waals surface area contributed by atoms with Crippen LogP contribution in [0.4, 0.5) is 5.69 Å². The van der Waals surface area contributed by atoms with Gasteiger partial charge in [0.05, 0.1) is 35.8 Å². The van der Waals surface area contributed by atoms with Gasteiger partial charge in [0.2, 0.25) is 0 Å². The van der Waals surface area contributed by atoms with E-state index < -0.39 is 11.6 Å². The van der Waals surface area contributed by atoms with Gasteiger partial charge in [0.1, 0.15) is 11.4 Å². The minimum absolute atomic E-state index is 0.260. The van der Waals surface area contributed by atoms with Crippen LogP contribution >= 0.6 is 0 Å². The van der Waals surface area contributed by atoms with Crippen LogP contribution in [0.25, 0.3) is 17.8 Å². The molecular formula is C30H29N3O4. The van der Waals surface area contributed by atoms with Crippen molar-refractivity contribution in [2.75, 3.05) is 12.4 Å². The summed E-state index contributed by atoms with van der Waals surface area (Å²) < 4.78 is 12.7. The molecule has 4 rings (SSSR count). The molecule has 37 heavy (non-hydrogen) atoms. The fourth-order valence-electron chi connectivity index (χ4n) is 3.61. The molecule has 0 fully saturated rings. The highest BCUT2D eigenvalue weighted by atomic mass is 16.6. The molecule has 0 spiro atoms. The molecule has 2 heterocycles. The number of anilines is 1. The lowest BCUT2D eigenvalue weighted by molar-refractivity contribution is 0.00707. The maximum absolute atomic E-state index is 13.2. The standard InChI is InChI=1S/C30H29N3O4/c1-30(2,3)37-29(35)26-13-12-22(11-10-21-8-7-9-25(16-21)36-4)17-27(26)32-28(34)23-18-24(20-31-19-23)33-14-5-6-15-33/h5-20H,1-4H3,(H,32,34)/b11-10+. The number of nitrogens with zero attached hydrogens (tertiary/aromatic N) is 2. The van der Waals surface area contributed by atoms with E-state index in [-0.39, 0.29) is 11.5 Å². The average molecular weight is 496 g/mol. The van der Waals surface area contributed by atoms with Crippen molar-refractivity contribution >= 4 is 29.7 Å². The molecule has 1 amide bonds. The van der Waals surface area contributed by atoms with Crippen LogP contribution in [0, 0.1) is 0 Å². The average Bonchev–Trinajstić information content (AvgIpc) is 3.42. The number of carbonyl (C=O) groups excluding carboxylic acids is 2. The van der Waals surface area contributed by atoms with Gasteiger partial charge in [-0.05, 0) is 74.4 Å². The predicted molar refractivity (Wildman–Crippen MR) is 145 cm³/mol. The Morgan fingerprint density at radius 3 is 2.35 bits per heavy atom. The quantitative estimate of drug-likeness (QED) is 0.242. The first kappa shape index (κ1) is 25.4. The van der Waals surface area contributed by atoms with Gasteiger partial charge in [0, 0.05) is 18.6 Å². The Morgan fingerprint density at radius 1 is 0.919 bits per heavy atom. The maximum Gasteiger partial charge on any atom is 0.340 e. The van der Waals surface area contributed by atoms with Gasteiger partial charge in [-0.3, -0.25) is 9.78 Å². The van der Waals surface area contributed by atoms with Crippen LogP contribution in [0.15, 0.2) is 85.5 Å². The summed E-state index contributed by atoms with van der Waals surface area (Å²) in [5.41, 5.74) is 2.78. The SMILES string of the molecule is COc1cccc(/C=C/c2ccc(C(=O)OC(C)(C)C)c(NC(=O)c3cncc(-n4cccc4)c3)c2)c1. The third-order valence-electron chi connectivity index (χ3n) is 5.36. The lowest BCUT2D eigenvalue weighted by Gasteiger charge is -2.21. The number of aromatic nitrogens is 2. The highest BCUT2D eigenvalue weighted by Gasteiger charge is 2.22.